The van der Waals surface area contributed by atoms with Crippen molar-refractivity contribution >= 4 is 64.6 Å². The highest BCUT2D eigenvalue weighted by Crippen LogP contribution is 2.53. The third-order valence-corrected chi connectivity index (χ3v) is 8.55. The summed E-state index contributed by atoms with van der Waals surface area (Å²) < 4.78 is 0. The third kappa shape index (κ3) is 2.45. The van der Waals surface area contributed by atoms with Crippen LogP contribution in [0.4, 0.5) is 0 Å². The van der Waals surface area contributed by atoms with Crippen LogP contribution in [0.1, 0.15) is 0 Å². The maximum absolute atomic E-state index is 2.37. The lowest BCUT2D eigenvalue weighted by Gasteiger charge is -2.25. The summed E-state index contributed by atoms with van der Waals surface area (Å²) in [5, 5.41) is 16.3. The van der Waals surface area contributed by atoms with Crippen LogP contribution < -0.4 is 0 Å². The Morgan fingerprint density at radius 1 is 0.211 bits per heavy atom. The number of rotatable bonds is 2. The summed E-state index contributed by atoms with van der Waals surface area (Å²) in [6, 6.07) is 49.1. The van der Waals surface area contributed by atoms with Crippen molar-refractivity contribution in [2.24, 2.45) is 0 Å². The molecule has 9 aromatic rings. The minimum absolute atomic E-state index is 1.27. The van der Waals surface area contributed by atoms with E-state index in [0.29, 0.717) is 0 Å². The molecule has 0 unspecified atom stereocenters. The summed E-state index contributed by atoms with van der Waals surface area (Å²) in [4.78, 5) is 0. The van der Waals surface area contributed by atoms with Gasteiger partial charge in [0.2, 0.25) is 0 Å². The largest absolute Gasteiger partial charge is 0.0622 e. The van der Waals surface area contributed by atoms with E-state index in [2.05, 4.69) is 133 Å². The van der Waals surface area contributed by atoms with E-state index in [9.17, 15) is 0 Å². The van der Waals surface area contributed by atoms with Gasteiger partial charge in [0.1, 0.15) is 0 Å². The van der Waals surface area contributed by atoms with Gasteiger partial charge in [-0.15, -0.1) is 0 Å². The highest BCUT2D eigenvalue weighted by Gasteiger charge is 2.25. The Bertz CT molecular complexity index is 2110. The van der Waals surface area contributed by atoms with Crippen LogP contribution in [0.25, 0.3) is 86.9 Å². The zero-order valence-electron chi connectivity index (χ0n) is 20.7. The van der Waals surface area contributed by atoms with E-state index in [-0.39, 0.29) is 0 Å². The Morgan fingerprint density at radius 3 is 0.895 bits per heavy atom. The number of hydrogen-bond donors (Lipinski definition) is 0. The first-order valence-electron chi connectivity index (χ1n) is 13.3. The molecule has 0 amide bonds. The van der Waals surface area contributed by atoms with Gasteiger partial charge in [-0.3, -0.25) is 0 Å². The zero-order chi connectivity index (χ0) is 24.8. The van der Waals surface area contributed by atoms with Crippen LogP contribution in [-0.4, -0.2) is 0 Å². The molecule has 174 valence electrons. The van der Waals surface area contributed by atoms with Gasteiger partial charge >= 0.3 is 0 Å². The van der Waals surface area contributed by atoms with Gasteiger partial charge in [-0.05, 0) is 86.9 Å². The van der Waals surface area contributed by atoms with Crippen molar-refractivity contribution in [3.63, 3.8) is 0 Å². The Kier molecular flexibility index (Phi) is 3.88. The van der Waals surface area contributed by atoms with Gasteiger partial charge in [0.15, 0.2) is 0 Å². The van der Waals surface area contributed by atoms with E-state index in [1.807, 2.05) is 0 Å². The first-order chi connectivity index (χ1) is 18.9. The molecule has 0 nitrogen and oxygen atoms in total. The molecule has 38 heavy (non-hydrogen) atoms. The molecule has 0 fully saturated rings. The first-order valence-corrected chi connectivity index (χ1v) is 13.3. The molecule has 0 saturated carbocycles. The summed E-state index contributed by atoms with van der Waals surface area (Å²) in [6.07, 6.45) is 0. The second-order valence-corrected chi connectivity index (χ2v) is 10.4. The lowest BCUT2D eigenvalue weighted by molar-refractivity contribution is 1.64. The van der Waals surface area contributed by atoms with Gasteiger partial charge in [0.05, 0.1) is 0 Å². The van der Waals surface area contributed by atoms with Crippen LogP contribution in [0, 0.1) is 0 Å². The van der Waals surface area contributed by atoms with Crippen LogP contribution in [0.15, 0.2) is 133 Å². The molecule has 0 heteroatoms. The van der Waals surface area contributed by atoms with E-state index >= 15 is 0 Å². The zero-order valence-corrected chi connectivity index (χ0v) is 20.7. The lowest BCUT2D eigenvalue weighted by Crippen LogP contribution is -1.97. The maximum atomic E-state index is 2.37. The van der Waals surface area contributed by atoms with Gasteiger partial charge in [-0.1, -0.05) is 133 Å². The quantitative estimate of drug-likeness (QED) is 0.217. The number of benzene rings is 7. The van der Waals surface area contributed by atoms with Crippen LogP contribution in [0.3, 0.4) is 0 Å². The molecule has 0 aliphatic carbocycles. The van der Waals surface area contributed by atoms with E-state index in [4.69, 9.17) is 0 Å². The maximum Gasteiger partial charge on any atom is -0.000763 e. The highest BCUT2D eigenvalue weighted by molar-refractivity contribution is 6.43. The average Bonchev–Trinajstić information content (AvgIpc) is 2.97. The van der Waals surface area contributed by atoms with Gasteiger partial charge < -0.3 is 0 Å². The fourth-order valence-electron chi connectivity index (χ4n) is 6.97. The standard InChI is InChI=1S/C38H22/c1-3-11-23(12-4-1)33-34(24-13-5-2-6-14-24)38-32(22-20-30-26-16-8-10-18-28(26)36(30)38)31-21-19-29-25-15-7-9-17-27(25)35(29)37(31)33/h1-22H. The van der Waals surface area contributed by atoms with Gasteiger partial charge in [-0.25, -0.2) is 0 Å². The van der Waals surface area contributed by atoms with E-state index in [1.165, 1.54) is 86.9 Å². The molecular weight excluding hydrogens is 456 g/mol. The summed E-state index contributed by atoms with van der Waals surface area (Å²) in [7, 11) is 0. The van der Waals surface area contributed by atoms with Gasteiger partial charge in [0.25, 0.3) is 0 Å². The van der Waals surface area contributed by atoms with E-state index in [1.54, 1.807) is 0 Å². The summed E-state index contributed by atoms with van der Waals surface area (Å²) in [5.41, 5.74) is 5.20. The molecule has 0 aliphatic heterocycles. The van der Waals surface area contributed by atoms with Crippen LogP contribution in [-0.2, 0) is 0 Å². The average molecular weight is 479 g/mol. The lowest BCUT2D eigenvalue weighted by atomic mass is 9.78. The fourth-order valence-corrected chi connectivity index (χ4v) is 6.97. The summed E-state index contributed by atoms with van der Waals surface area (Å²) in [6.45, 7) is 0. The number of hydrogen-bond acceptors (Lipinski definition) is 0. The van der Waals surface area contributed by atoms with Crippen molar-refractivity contribution < 1.29 is 0 Å². The smallest absolute Gasteiger partial charge is 0.000763 e. The van der Waals surface area contributed by atoms with Crippen LogP contribution in [0.2, 0.25) is 0 Å². The summed E-state index contributed by atoms with van der Waals surface area (Å²) >= 11 is 0. The van der Waals surface area contributed by atoms with Gasteiger partial charge in [0, 0.05) is 0 Å². The monoisotopic (exact) mass is 478 g/mol. The topological polar surface area (TPSA) is 0 Å². The van der Waals surface area contributed by atoms with Gasteiger partial charge in [-0.2, -0.15) is 0 Å². The molecule has 0 aliphatic rings. The molecule has 9 aromatic carbocycles. The second-order valence-electron chi connectivity index (χ2n) is 10.4. The van der Waals surface area contributed by atoms with E-state index in [0.717, 1.165) is 0 Å². The number of fused-ring (bicyclic) bond motifs is 13. The predicted octanol–water partition coefficient (Wildman–Crippen LogP) is 10.8. The fraction of sp³-hybridized carbons (Fsp3) is 0. The molecule has 0 spiro atoms. The van der Waals surface area contributed by atoms with Crippen molar-refractivity contribution in [1.29, 1.82) is 0 Å². The van der Waals surface area contributed by atoms with Crippen molar-refractivity contribution in [1.82, 2.24) is 0 Å². The normalized spacial score (nSPS) is 12.2. The molecule has 0 saturated heterocycles. The van der Waals surface area contributed by atoms with Crippen molar-refractivity contribution in [2.45, 2.75) is 0 Å². The third-order valence-electron chi connectivity index (χ3n) is 8.55. The van der Waals surface area contributed by atoms with Crippen molar-refractivity contribution in [3.8, 4) is 22.3 Å². The Hall–Kier alpha value is -4.94. The molecule has 0 bridgehead atoms. The van der Waals surface area contributed by atoms with Crippen LogP contribution in [0.5, 0.6) is 0 Å². The molecule has 0 aromatic heterocycles. The van der Waals surface area contributed by atoms with Crippen molar-refractivity contribution in [3.05, 3.63) is 133 Å². The van der Waals surface area contributed by atoms with Crippen LogP contribution >= 0.6 is 0 Å². The molecule has 0 N–H and O–H groups in total. The SMILES string of the molecule is c1ccc(-c2c(-c3ccccc3)c3c(ccc4c5ccccc5c43)c3ccc4c5ccccc5c4c23)cc1. The Morgan fingerprint density at radius 2 is 0.500 bits per heavy atom. The minimum atomic E-state index is 1.27. The molecule has 0 atom stereocenters. The van der Waals surface area contributed by atoms with Crippen molar-refractivity contribution in [2.75, 3.05) is 0 Å². The second kappa shape index (κ2) is 7.31. The molecular formula is C38H22. The Labute approximate surface area is 220 Å². The molecule has 0 radical (unpaired) electrons. The first kappa shape index (κ1) is 20.2. The predicted molar refractivity (Wildman–Crippen MR) is 165 cm³/mol. The van der Waals surface area contributed by atoms with E-state index < -0.39 is 0 Å². The minimum Gasteiger partial charge on any atom is -0.0622 e. The molecule has 0 heterocycles. The highest BCUT2D eigenvalue weighted by atomic mass is 14.3. The molecule has 9 rings (SSSR count). The Balaban J connectivity index is 1.63. The summed E-state index contributed by atoms with van der Waals surface area (Å²) in [5.74, 6) is 0.